The van der Waals surface area contributed by atoms with Gasteiger partial charge in [0.1, 0.15) is 5.82 Å². The van der Waals surface area contributed by atoms with Crippen LogP contribution in [0.15, 0.2) is 24.4 Å². The number of rotatable bonds is 6. The van der Waals surface area contributed by atoms with E-state index >= 15 is 0 Å². The van der Waals surface area contributed by atoms with Crippen molar-refractivity contribution >= 4 is 11.7 Å². The number of hydrogen-bond acceptors (Lipinski definition) is 5. The molecular formula is C19H30N4O2. The monoisotopic (exact) mass is 346 g/mol. The van der Waals surface area contributed by atoms with Crippen LogP contribution in [0.3, 0.4) is 0 Å². The Morgan fingerprint density at radius 1 is 1.24 bits per heavy atom. The van der Waals surface area contributed by atoms with Crippen molar-refractivity contribution in [1.29, 1.82) is 0 Å². The fraction of sp³-hybridized carbons (Fsp3) is 0.684. The van der Waals surface area contributed by atoms with E-state index in [2.05, 4.69) is 20.1 Å². The first-order valence-electron chi connectivity index (χ1n) is 9.54. The fourth-order valence-electron chi connectivity index (χ4n) is 3.80. The third-order valence-electron chi connectivity index (χ3n) is 5.34. The second-order valence-electron chi connectivity index (χ2n) is 7.26. The van der Waals surface area contributed by atoms with Crippen LogP contribution >= 0.6 is 0 Å². The summed E-state index contributed by atoms with van der Waals surface area (Å²) in [7, 11) is 0. The minimum Gasteiger partial charge on any atom is -0.393 e. The molecule has 6 heteroatoms. The predicted octanol–water partition coefficient (Wildman–Crippen LogP) is 1.26. The molecule has 2 fully saturated rings. The molecule has 3 rings (SSSR count). The van der Waals surface area contributed by atoms with Crippen LogP contribution in [0.25, 0.3) is 0 Å². The maximum Gasteiger partial charge on any atom is 0.221 e. The highest BCUT2D eigenvalue weighted by Crippen LogP contribution is 2.23. The van der Waals surface area contributed by atoms with Crippen LogP contribution < -0.4 is 10.2 Å². The molecule has 25 heavy (non-hydrogen) atoms. The summed E-state index contributed by atoms with van der Waals surface area (Å²) in [6.45, 7) is 5.38. The van der Waals surface area contributed by atoms with Crippen LogP contribution in [-0.4, -0.2) is 66.3 Å². The number of nitrogens with zero attached hydrogens (tertiary/aromatic N) is 3. The van der Waals surface area contributed by atoms with Crippen molar-refractivity contribution in [2.45, 2.75) is 38.2 Å². The van der Waals surface area contributed by atoms with Crippen LogP contribution in [0.5, 0.6) is 0 Å². The van der Waals surface area contributed by atoms with Crippen molar-refractivity contribution < 1.29 is 9.90 Å². The third kappa shape index (κ3) is 5.68. The van der Waals surface area contributed by atoms with Crippen molar-refractivity contribution in [3.8, 4) is 0 Å². The Morgan fingerprint density at radius 2 is 2.08 bits per heavy atom. The van der Waals surface area contributed by atoms with E-state index in [0.717, 1.165) is 64.2 Å². The Balaban J connectivity index is 1.31. The number of aliphatic hydroxyl groups excluding tert-OH is 1. The summed E-state index contributed by atoms with van der Waals surface area (Å²) in [6.07, 6.45) is 6.14. The molecule has 0 aromatic carbocycles. The first-order valence-corrected chi connectivity index (χ1v) is 9.54. The molecule has 1 aromatic rings. The molecule has 0 bridgehead atoms. The zero-order chi connectivity index (χ0) is 17.5. The molecule has 0 spiro atoms. The fourth-order valence-corrected chi connectivity index (χ4v) is 3.80. The molecule has 1 aromatic heterocycles. The number of aliphatic hydroxyl groups is 1. The van der Waals surface area contributed by atoms with Crippen LogP contribution in [0.1, 0.15) is 32.1 Å². The van der Waals surface area contributed by atoms with Gasteiger partial charge in [0.15, 0.2) is 0 Å². The quantitative estimate of drug-likeness (QED) is 0.812. The zero-order valence-electron chi connectivity index (χ0n) is 14.9. The van der Waals surface area contributed by atoms with Gasteiger partial charge in [-0.25, -0.2) is 4.98 Å². The molecule has 1 saturated carbocycles. The van der Waals surface area contributed by atoms with Gasteiger partial charge < -0.3 is 15.3 Å². The lowest BCUT2D eigenvalue weighted by atomic mass is 9.87. The smallest absolute Gasteiger partial charge is 0.221 e. The molecule has 2 N–H and O–H groups in total. The second-order valence-corrected chi connectivity index (χ2v) is 7.26. The SMILES string of the molecule is O=C(CCN1CCN(c2ccccn2)CC1)NCC1CCCC(O)C1. The molecule has 2 atom stereocenters. The average molecular weight is 346 g/mol. The van der Waals surface area contributed by atoms with Gasteiger partial charge in [-0.15, -0.1) is 0 Å². The summed E-state index contributed by atoms with van der Waals surface area (Å²) in [5.74, 6) is 1.61. The van der Waals surface area contributed by atoms with Gasteiger partial charge in [0.25, 0.3) is 0 Å². The summed E-state index contributed by atoms with van der Waals surface area (Å²) in [4.78, 5) is 21.1. The van der Waals surface area contributed by atoms with Gasteiger partial charge in [0.05, 0.1) is 6.10 Å². The van der Waals surface area contributed by atoms with E-state index in [1.807, 2.05) is 24.4 Å². The van der Waals surface area contributed by atoms with Crippen LogP contribution in [0.2, 0.25) is 0 Å². The molecule has 0 radical (unpaired) electrons. The summed E-state index contributed by atoms with van der Waals surface area (Å²) in [5, 5.41) is 12.7. The largest absolute Gasteiger partial charge is 0.393 e. The van der Waals surface area contributed by atoms with Crippen molar-refractivity contribution in [2.24, 2.45) is 5.92 Å². The lowest BCUT2D eigenvalue weighted by Gasteiger charge is -2.35. The van der Waals surface area contributed by atoms with Crippen LogP contribution in [-0.2, 0) is 4.79 Å². The Morgan fingerprint density at radius 3 is 2.80 bits per heavy atom. The standard InChI is InChI=1S/C19H30N4O2/c24-17-5-3-4-16(14-17)15-21-19(25)7-9-22-10-12-23(13-11-22)18-6-1-2-8-20-18/h1-2,6,8,16-17,24H,3-5,7,9-15H2,(H,21,25). The summed E-state index contributed by atoms with van der Waals surface area (Å²) in [6, 6.07) is 6.00. The second kappa shape index (κ2) is 9.15. The van der Waals surface area contributed by atoms with E-state index in [0.29, 0.717) is 18.9 Å². The van der Waals surface area contributed by atoms with Crippen molar-refractivity contribution in [1.82, 2.24) is 15.2 Å². The minimum absolute atomic E-state index is 0.132. The van der Waals surface area contributed by atoms with E-state index in [1.54, 1.807) is 0 Å². The van der Waals surface area contributed by atoms with Gasteiger partial charge in [0, 0.05) is 51.9 Å². The van der Waals surface area contributed by atoms with E-state index in [4.69, 9.17) is 0 Å². The van der Waals surface area contributed by atoms with E-state index in [9.17, 15) is 9.90 Å². The molecule has 1 aliphatic carbocycles. The van der Waals surface area contributed by atoms with Crippen LogP contribution in [0, 0.1) is 5.92 Å². The van der Waals surface area contributed by atoms with Crippen molar-refractivity contribution in [3.05, 3.63) is 24.4 Å². The number of aromatic nitrogens is 1. The van der Waals surface area contributed by atoms with Crippen LogP contribution in [0.4, 0.5) is 5.82 Å². The number of carbonyl (C=O) groups excluding carboxylic acids is 1. The number of piperazine rings is 1. The number of amides is 1. The molecule has 1 saturated heterocycles. The van der Waals surface area contributed by atoms with E-state index in [-0.39, 0.29) is 12.0 Å². The van der Waals surface area contributed by atoms with Crippen molar-refractivity contribution in [3.63, 3.8) is 0 Å². The highest BCUT2D eigenvalue weighted by atomic mass is 16.3. The Kier molecular flexibility index (Phi) is 6.64. The molecule has 2 aliphatic rings. The Bertz CT molecular complexity index is 531. The molecular weight excluding hydrogens is 316 g/mol. The molecule has 2 unspecified atom stereocenters. The molecule has 1 aliphatic heterocycles. The lowest BCUT2D eigenvalue weighted by Crippen LogP contribution is -2.47. The number of nitrogens with one attached hydrogen (secondary N) is 1. The lowest BCUT2D eigenvalue weighted by molar-refractivity contribution is -0.121. The van der Waals surface area contributed by atoms with Crippen molar-refractivity contribution in [2.75, 3.05) is 44.2 Å². The highest BCUT2D eigenvalue weighted by Gasteiger charge is 2.21. The molecule has 2 heterocycles. The van der Waals surface area contributed by atoms with Gasteiger partial charge >= 0.3 is 0 Å². The minimum atomic E-state index is -0.175. The highest BCUT2D eigenvalue weighted by molar-refractivity contribution is 5.76. The molecule has 6 nitrogen and oxygen atoms in total. The number of hydrogen-bond donors (Lipinski definition) is 2. The van der Waals surface area contributed by atoms with E-state index < -0.39 is 0 Å². The first-order chi connectivity index (χ1) is 12.2. The topological polar surface area (TPSA) is 68.7 Å². The van der Waals surface area contributed by atoms with Gasteiger partial charge in [-0.2, -0.15) is 0 Å². The van der Waals surface area contributed by atoms with Gasteiger partial charge in [-0.3, -0.25) is 9.69 Å². The summed E-state index contributed by atoms with van der Waals surface area (Å²) >= 11 is 0. The average Bonchev–Trinajstić information content (AvgIpc) is 2.66. The van der Waals surface area contributed by atoms with Gasteiger partial charge in [-0.05, 0) is 37.3 Å². The first kappa shape index (κ1) is 18.1. The summed E-state index contributed by atoms with van der Waals surface area (Å²) < 4.78 is 0. The van der Waals surface area contributed by atoms with E-state index in [1.165, 1.54) is 0 Å². The number of pyridine rings is 1. The molecule has 138 valence electrons. The molecule has 1 amide bonds. The Labute approximate surface area is 150 Å². The predicted molar refractivity (Wildman–Crippen MR) is 98.5 cm³/mol. The maximum absolute atomic E-state index is 12.1. The number of anilines is 1. The summed E-state index contributed by atoms with van der Waals surface area (Å²) in [5.41, 5.74) is 0. The third-order valence-corrected chi connectivity index (χ3v) is 5.34. The van der Waals surface area contributed by atoms with Gasteiger partial charge in [0.2, 0.25) is 5.91 Å². The maximum atomic E-state index is 12.1. The zero-order valence-corrected chi connectivity index (χ0v) is 14.9. The number of carbonyl (C=O) groups is 1. The normalized spacial score (nSPS) is 24.9. The van der Waals surface area contributed by atoms with Gasteiger partial charge in [-0.1, -0.05) is 12.5 Å². The Hall–Kier alpha value is -1.66.